The van der Waals surface area contributed by atoms with Crippen LogP contribution in [-0.2, 0) is 19.1 Å². The third-order valence-corrected chi connectivity index (χ3v) is 6.33. The van der Waals surface area contributed by atoms with Crippen LogP contribution < -0.4 is 0 Å². The first-order valence-corrected chi connectivity index (χ1v) is 10.3. The van der Waals surface area contributed by atoms with Gasteiger partial charge in [-0.25, -0.2) is 4.79 Å². The van der Waals surface area contributed by atoms with Crippen molar-refractivity contribution in [1.82, 2.24) is 0 Å². The highest BCUT2D eigenvalue weighted by Crippen LogP contribution is 2.55. The van der Waals surface area contributed by atoms with Gasteiger partial charge in [-0.1, -0.05) is 61.3 Å². The molecule has 4 nitrogen and oxygen atoms in total. The lowest BCUT2D eigenvalue weighted by atomic mass is 9.76. The smallest absolute Gasteiger partial charge is 0.344 e. The summed E-state index contributed by atoms with van der Waals surface area (Å²) in [5.74, 6) is 0.138. The molecule has 2 aliphatic rings. The van der Waals surface area contributed by atoms with Crippen LogP contribution in [-0.4, -0.2) is 24.1 Å². The van der Waals surface area contributed by atoms with Gasteiger partial charge in [0.05, 0.1) is 5.41 Å². The maximum atomic E-state index is 12.2. The Morgan fingerprint density at radius 3 is 2.08 bits per heavy atom. The van der Waals surface area contributed by atoms with Crippen LogP contribution in [0.3, 0.4) is 0 Å². The lowest BCUT2D eigenvalue weighted by Gasteiger charge is -2.38. The van der Waals surface area contributed by atoms with Crippen LogP contribution in [0.1, 0.15) is 100 Å². The highest BCUT2D eigenvalue weighted by atomic mass is 16.6. The molecule has 3 atom stereocenters. The fourth-order valence-corrected chi connectivity index (χ4v) is 4.12. The van der Waals surface area contributed by atoms with Crippen molar-refractivity contribution in [3.63, 3.8) is 0 Å². The van der Waals surface area contributed by atoms with Gasteiger partial charge in [-0.3, -0.25) is 4.79 Å². The van der Waals surface area contributed by atoms with Crippen molar-refractivity contribution in [2.24, 2.45) is 17.3 Å². The number of hydrogen-bond acceptors (Lipinski definition) is 4. The van der Waals surface area contributed by atoms with Crippen LogP contribution in [0.25, 0.3) is 0 Å². The third kappa shape index (κ3) is 5.72. The van der Waals surface area contributed by atoms with Crippen LogP contribution in [0.2, 0.25) is 0 Å². The fraction of sp³-hybridized carbons (Fsp3) is 0.909. The lowest BCUT2D eigenvalue weighted by Crippen LogP contribution is -2.41. The highest BCUT2D eigenvalue weighted by Gasteiger charge is 2.57. The summed E-state index contributed by atoms with van der Waals surface area (Å²) in [6.07, 6.45) is 8.38. The van der Waals surface area contributed by atoms with Crippen LogP contribution in [0.4, 0.5) is 0 Å². The standard InChI is InChI=1S/C19H32O4.C2H6.CH4/c1-5-18(4,15-10-8-7-9-11-15)23-16(20)13-22-17(21)19(6-2)12-14(19)3;1-2;/h14-15H,5-13H2,1-4H3;1-2H3;1H4. The van der Waals surface area contributed by atoms with E-state index in [1.807, 2.05) is 27.7 Å². The molecule has 26 heavy (non-hydrogen) atoms. The van der Waals surface area contributed by atoms with Gasteiger partial charge in [0.2, 0.25) is 0 Å². The molecule has 0 spiro atoms. The molecule has 0 amide bonds. The molecule has 0 N–H and O–H groups in total. The monoisotopic (exact) mass is 370 g/mol. The molecule has 0 aromatic carbocycles. The zero-order chi connectivity index (χ0) is 19.1. The van der Waals surface area contributed by atoms with Crippen molar-refractivity contribution < 1.29 is 19.1 Å². The van der Waals surface area contributed by atoms with E-state index in [9.17, 15) is 9.59 Å². The van der Waals surface area contributed by atoms with Gasteiger partial charge >= 0.3 is 11.9 Å². The summed E-state index contributed by atoms with van der Waals surface area (Å²) in [6.45, 7) is 11.9. The van der Waals surface area contributed by atoms with Gasteiger partial charge in [-0.05, 0) is 50.9 Å². The Kier molecular flexibility index (Phi) is 10.5. The first-order valence-electron chi connectivity index (χ1n) is 10.3. The maximum absolute atomic E-state index is 12.2. The summed E-state index contributed by atoms with van der Waals surface area (Å²) in [7, 11) is 0. The molecule has 0 aromatic rings. The van der Waals surface area contributed by atoms with Gasteiger partial charge in [0, 0.05) is 0 Å². The minimum absolute atomic E-state index is 0. The largest absolute Gasteiger partial charge is 0.457 e. The van der Waals surface area contributed by atoms with Crippen molar-refractivity contribution in [1.29, 1.82) is 0 Å². The number of carbonyl (C=O) groups excluding carboxylic acids is 2. The molecular formula is C22H42O4. The zero-order valence-corrected chi connectivity index (χ0v) is 17.2. The van der Waals surface area contributed by atoms with Crippen molar-refractivity contribution in [3.8, 4) is 0 Å². The quantitative estimate of drug-likeness (QED) is 0.522. The first kappa shape index (κ1) is 24.9. The van der Waals surface area contributed by atoms with Crippen LogP contribution in [0.15, 0.2) is 0 Å². The molecular weight excluding hydrogens is 328 g/mol. The van der Waals surface area contributed by atoms with E-state index in [4.69, 9.17) is 9.47 Å². The van der Waals surface area contributed by atoms with E-state index < -0.39 is 11.6 Å². The second-order valence-corrected chi connectivity index (χ2v) is 7.67. The van der Waals surface area contributed by atoms with E-state index in [2.05, 4.69) is 13.8 Å². The molecule has 3 unspecified atom stereocenters. The molecule has 0 saturated heterocycles. The SMILES string of the molecule is C.CC.CCC(C)(OC(=O)COC(=O)C1(CC)CC1C)C1CCCCC1. The van der Waals surface area contributed by atoms with E-state index in [1.165, 1.54) is 19.3 Å². The molecule has 0 heterocycles. The second kappa shape index (κ2) is 10.9. The van der Waals surface area contributed by atoms with Gasteiger partial charge in [-0.15, -0.1) is 0 Å². The number of carbonyl (C=O) groups is 2. The van der Waals surface area contributed by atoms with Crippen molar-refractivity contribution in [2.45, 2.75) is 106 Å². The highest BCUT2D eigenvalue weighted by molar-refractivity contribution is 5.83. The summed E-state index contributed by atoms with van der Waals surface area (Å²) in [5, 5.41) is 0. The topological polar surface area (TPSA) is 52.6 Å². The minimum Gasteiger partial charge on any atom is -0.457 e. The van der Waals surface area contributed by atoms with Crippen molar-refractivity contribution >= 4 is 11.9 Å². The summed E-state index contributed by atoms with van der Waals surface area (Å²) >= 11 is 0. The minimum atomic E-state index is -0.431. The number of rotatable bonds is 7. The molecule has 154 valence electrons. The Labute approximate surface area is 161 Å². The molecule has 0 aromatic heterocycles. The Morgan fingerprint density at radius 1 is 1.12 bits per heavy atom. The van der Waals surface area contributed by atoms with Crippen molar-refractivity contribution in [2.75, 3.05) is 6.61 Å². The van der Waals surface area contributed by atoms with Gasteiger partial charge < -0.3 is 9.47 Å². The molecule has 4 heteroatoms. The first-order chi connectivity index (χ1) is 11.9. The van der Waals surface area contributed by atoms with Crippen LogP contribution >= 0.6 is 0 Å². The third-order valence-electron chi connectivity index (χ3n) is 6.33. The molecule has 0 bridgehead atoms. The van der Waals surface area contributed by atoms with Crippen LogP contribution in [0, 0.1) is 17.3 Å². The number of ether oxygens (including phenoxy) is 2. The van der Waals surface area contributed by atoms with E-state index in [0.29, 0.717) is 11.8 Å². The predicted molar refractivity (Wildman–Crippen MR) is 107 cm³/mol. The Morgan fingerprint density at radius 2 is 1.65 bits per heavy atom. The van der Waals surface area contributed by atoms with Gasteiger partial charge in [0.1, 0.15) is 5.60 Å². The van der Waals surface area contributed by atoms with E-state index in [1.54, 1.807) is 0 Å². The van der Waals surface area contributed by atoms with Gasteiger partial charge in [0.15, 0.2) is 6.61 Å². The summed E-state index contributed by atoms with van der Waals surface area (Å²) < 4.78 is 11.0. The van der Waals surface area contributed by atoms with Crippen LogP contribution in [0.5, 0.6) is 0 Å². The molecule has 2 rings (SSSR count). The van der Waals surface area contributed by atoms with E-state index in [0.717, 1.165) is 32.1 Å². The van der Waals surface area contributed by atoms with E-state index in [-0.39, 0.29) is 25.4 Å². The number of hydrogen-bond donors (Lipinski definition) is 0. The number of esters is 2. The normalized spacial score (nSPS) is 27.1. The summed E-state index contributed by atoms with van der Waals surface area (Å²) in [5.41, 5.74) is -0.781. The summed E-state index contributed by atoms with van der Waals surface area (Å²) in [4.78, 5) is 24.4. The van der Waals surface area contributed by atoms with Gasteiger partial charge in [-0.2, -0.15) is 0 Å². The molecule has 2 fully saturated rings. The molecule has 2 saturated carbocycles. The lowest BCUT2D eigenvalue weighted by molar-refractivity contribution is -0.177. The molecule has 0 aliphatic heterocycles. The Balaban J connectivity index is 0.00000201. The molecule has 2 aliphatic carbocycles. The molecule has 0 radical (unpaired) electrons. The Bertz CT molecular complexity index is 437. The average Bonchev–Trinajstić information content (AvgIpc) is 3.33. The maximum Gasteiger partial charge on any atom is 0.344 e. The van der Waals surface area contributed by atoms with E-state index >= 15 is 0 Å². The average molecular weight is 371 g/mol. The zero-order valence-electron chi connectivity index (χ0n) is 17.2. The fourth-order valence-electron chi connectivity index (χ4n) is 4.12. The Hall–Kier alpha value is -1.06. The summed E-state index contributed by atoms with van der Waals surface area (Å²) in [6, 6.07) is 0. The van der Waals surface area contributed by atoms with Gasteiger partial charge in [0.25, 0.3) is 0 Å². The second-order valence-electron chi connectivity index (χ2n) is 7.67. The predicted octanol–water partition coefficient (Wildman–Crippen LogP) is 5.92. The van der Waals surface area contributed by atoms with Crippen molar-refractivity contribution in [3.05, 3.63) is 0 Å².